The van der Waals surface area contributed by atoms with E-state index in [2.05, 4.69) is 40.3 Å². The van der Waals surface area contributed by atoms with Crippen LogP contribution in [0.5, 0.6) is 0 Å². The Bertz CT molecular complexity index is 804. The quantitative estimate of drug-likeness (QED) is 0.462. The van der Waals surface area contributed by atoms with E-state index in [0.717, 1.165) is 16.7 Å². The minimum absolute atomic E-state index is 1.04. The van der Waals surface area contributed by atoms with E-state index in [0.29, 0.717) is 0 Å². The first-order valence-corrected chi connectivity index (χ1v) is 6.31. The molecule has 1 aliphatic carbocycles. The van der Waals surface area contributed by atoms with Crippen LogP contribution in [0.25, 0.3) is 32.4 Å². The number of rotatable bonds is 0. The molecule has 80 valence electrons. The predicted octanol–water partition coefficient (Wildman–Crippen LogP) is 3.95. The van der Waals surface area contributed by atoms with Crippen molar-refractivity contribution < 1.29 is 0 Å². The SMILES string of the molecule is c1ccc2nc3cc4scnc4cc3c-2cc1. The van der Waals surface area contributed by atoms with Crippen molar-refractivity contribution in [2.75, 3.05) is 0 Å². The van der Waals surface area contributed by atoms with Gasteiger partial charge in [-0.15, -0.1) is 11.3 Å². The van der Waals surface area contributed by atoms with Gasteiger partial charge in [-0.3, -0.25) is 0 Å². The van der Waals surface area contributed by atoms with Crippen molar-refractivity contribution in [2.24, 2.45) is 0 Å². The first-order valence-electron chi connectivity index (χ1n) is 5.43. The lowest BCUT2D eigenvalue weighted by atomic mass is 10.1. The summed E-state index contributed by atoms with van der Waals surface area (Å²) in [6, 6.07) is 14.5. The van der Waals surface area contributed by atoms with E-state index >= 15 is 0 Å². The van der Waals surface area contributed by atoms with Gasteiger partial charge < -0.3 is 0 Å². The molecule has 2 nitrogen and oxygen atoms in total. The van der Waals surface area contributed by atoms with E-state index in [4.69, 9.17) is 0 Å². The molecule has 0 saturated heterocycles. The average molecular weight is 236 g/mol. The molecule has 0 fully saturated rings. The van der Waals surface area contributed by atoms with Gasteiger partial charge in [-0.05, 0) is 18.2 Å². The molecule has 0 bridgehead atoms. The molecule has 2 aliphatic rings. The molecule has 0 unspecified atom stereocenters. The van der Waals surface area contributed by atoms with E-state index < -0.39 is 0 Å². The molecule has 0 amide bonds. The highest BCUT2D eigenvalue weighted by atomic mass is 32.1. The van der Waals surface area contributed by atoms with Crippen molar-refractivity contribution >= 4 is 32.5 Å². The molecule has 17 heavy (non-hydrogen) atoms. The molecular weight excluding hydrogens is 228 g/mol. The Balaban J connectivity index is 2.24. The van der Waals surface area contributed by atoms with Gasteiger partial charge >= 0.3 is 0 Å². The summed E-state index contributed by atoms with van der Waals surface area (Å²) in [7, 11) is 0. The molecule has 0 spiro atoms. The zero-order valence-corrected chi connectivity index (χ0v) is 9.74. The summed E-state index contributed by atoms with van der Waals surface area (Å²) in [5.74, 6) is 0. The van der Waals surface area contributed by atoms with Crippen molar-refractivity contribution in [3.8, 4) is 11.3 Å². The van der Waals surface area contributed by atoms with Gasteiger partial charge in [-0.25, -0.2) is 9.97 Å². The molecule has 1 aromatic carbocycles. The Morgan fingerprint density at radius 3 is 2.88 bits per heavy atom. The summed E-state index contributed by atoms with van der Waals surface area (Å²) in [5.41, 5.74) is 6.24. The first-order chi connectivity index (χ1) is 8.42. The minimum Gasteiger partial charge on any atom is -0.248 e. The monoisotopic (exact) mass is 236 g/mol. The highest BCUT2D eigenvalue weighted by Gasteiger charge is 2.11. The predicted molar refractivity (Wildman–Crippen MR) is 71.5 cm³/mol. The Morgan fingerprint density at radius 2 is 1.88 bits per heavy atom. The van der Waals surface area contributed by atoms with Crippen molar-refractivity contribution in [2.45, 2.75) is 0 Å². The summed E-state index contributed by atoms with van der Waals surface area (Å²) in [5, 5.41) is 1.19. The summed E-state index contributed by atoms with van der Waals surface area (Å²) >= 11 is 1.66. The Hall–Kier alpha value is -2.00. The maximum Gasteiger partial charge on any atom is 0.0819 e. The summed E-state index contributed by atoms with van der Waals surface area (Å²) in [6.07, 6.45) is 0. The normalized spacial score (nSPS) is 11.5. The maximum atomic E-state index is 4.66. The van der Waals surface area contributed by atoms with E-state index in [9.17, 15) is 0 Å². The fourth-order valence-corrected chi connectivity index (χ4v) is 2.89. The van der Waals surface area contributed by atoms with Gasteiger partial charge in [-0.1, -0.05) is 24.3 Å². The molecule has 0 atom stereocenters. The second-order valence-electron chi connectivity index (χ2n) is 4.01. The number of hydrogen-bond donors (Lipinski definition) is 0. The average Bonchev–Trinajstić information content (AvgIpc) is 2.84. The van der Waals surface area contributed by atoms with Crippen LogP contribution in [-0.2, 0) is 0 Å². The van der Waals surface area contributed by atoms with Crippen molar-refractivity contribution in [3.63, 3.8) is 0 Å². The fourth-order valence-electron chi connectivity index (χ4n) is 2.19. The van der Waals surface area contributed by atoms with Gasteiger partial charge in [0.15, 0.2) is 0 Å². The van der Waals surface area contributed by atoms with Gasteiger partial charge in [0.25, 0.3) is 0 Å². The van der Waals surface area contributed by atoms with Crippen LogP contribution >= 0.6 is 11.3 Å². The van der Waals surface area contributed by atoms with Crippen molar-refractivity contribution in [1.82, 2.24) is 9.97 Å². The van der Waals surface area contributed by atoms with Gasteiger partial charge in [0.1, 0.15) is 0 Å². The van der Waals surface area contributed by atoms with Crippen LogP contribution in [0.1, 0.15) is 0 Å². The molecule has 1 aliphatic heterocycles. The van der Waals surface area contributed by atoms with Crippen LogP contribution < -0.4 is 0 Å². The molecule has 4 rings (SSSR count). The molecule has 0 radical (unpaired) electrons. The first kappa shape index (κ1) is 9.07. The third-order valence-electron chi connectivity index (χ3n) is 2.99. The number of fused-ring (bicyclic) bond motifs is 4. The summed E-state index contributed by atoms with van der Waals surface area (Å²) in [4.78, 5) is 9.03. The topological polar surface area (TPSA) is 25.8 Å². The van der Waals surface area contributed by atoms with Crippen molar-refractivity contribution in [1.29, 1.82) is 0 Å². The highest BCUT2D eigenvalue weighted by Crippen LogP contribution is 2.33. The van der Waals surface area contributed by atoms with E-state index in [1.54, 1.807) is 11.3 Å². The van der Waals surface area contributed by atoms with Gasteiger partial charge in [0.2, 0.25) is 0 Å². The summed E-state index contributed by atoms with van der Waals surface area (Å²) in [6.45, 7) is 0. The smallest absolute Gasteiger partial charge is 0.0819 e. The fraction of sp³-hybridized carbons (Fsp3) is 0. The molecule has 2 heterocycles. The Morgan fingerprint density at radius 1 is 0.941 bits per heavy atom. The zero-order chi connectivity index (χ0) is 11.2. The lowest BCUT2D eigenvalue weighted by Gasteiger charge is -1.91. The van der Waals surface area contributed by atoms with Gasteiger partial charge in [-0.2, -0.15) is 0 Å². The zero-order valence-electron chi connectivity index (χ0n) is 8.92. The molecule has 0 saturated carbocycles. The molecular formula is C14H8N2S. The second-order valence-corrected chi connectivity index (χ2v) is 4.90. The number of benzene rings is 1. The van der Waals surface area contributed by atoms with Crippen LogP contribution in [0, 0.1) is 0 Å². The molecule has 3 heteroatoms. The van der Waals surface area contributed by atoms with Crippen LogP contribution in [0.15, 0.2) is 48.0 Å². The van der Waals surface area contributed by atoms with Crippen LogP contribution in [0.4, 0.5) is 0 Å². The van der Waals surface area contributed by atoms with Crippen LogP contribution in [-0.4, -0.2) is 9.97 Å². The second kappa shape index (κ2) is 3.25. The van der Waals surface area contributed by atoms with E-state index in [-0.39, 0.29) is 0 Å². The number of nitrogens with zero attached hydrogens (tertiary/aromatic N) is 2. The lowest BCUT2D eigenvalue weighted by molar-refractivity contribution is 1.47. The molecule has 2 aromatic rings. The van der Waals surface area contributed by atoms with Gasteiger partial charge in [0, 0.05) is 10.9 Å². The van der Waals surface area contributed by atoms with Crippen LogP contribution in [0.2, 0.25) is 0 Å². The van der Waals surface area contributed by atoms with E-state index in [1.807, 2.05) is 17.6 Å². The Labute approximate surface area is 102 Å². The standard InChI is InChI=1S/C14H8N2S/c1-2-4-9-10-6-13-14(17-8-15-13)7-12(10)16-11(9)5-3-1/h1-8H. The third-order valence-corrected chi connectivity index (χ3v) is 3.79. The highest BCUT2D eigenvalue weighted by molar-refractivity contribution is 7.16. The van der Waals surface area contributed by atoms with Gasteiger partial charge in [0.05, 0.1) is 26.9 Å². The third kappa shape index (κ3) is 1.26. The lowest BCUT2D eigenvalue weighted by Crippen LogP contribution is -1.69. The number of aromatic nitrogens is 2. The molecule has 1 aromatic heterocycles. The number of thiazole rings is 1. The van der Waals surface area contributed by atoms with E-state index in [1.165, 1.54) is 15.6 Å². The summed E-state index contributed by atoms with van der Waals surface area (Å²) < 4.78 is 1.20. The van der Waals surface area contributed by atoms with Crippen LogP contribution in [0.3, 0.4) is 0 Å². The minimum atomic E-state index is 1.04. The van der Waals surface area contributed by atoms with Crippen molar-refractivity contribution in [3.05, 3.63) is 48.0 Å². The maximum absolute atomic E-state index is 4.66. The molecule has 0 N–H and O–H groups in total. The number of hydrogen-bond acceptors (Lipinski definition) is 3. The Kier molecular flexibility index (Phi) is 1.73. The largest absolute Gasteiger partial charge is 0.248 e.